The van der Waals surface area contributed by atoms with Crippen molar-refractivity contribution in [1.82, 2.24) is 5.32 Å². The van der Waals surface area contributed by atoms with Crippen LogP contribution in [0.25, 0.3) is 0 Å². The first-order chi connectivity index (χ1) is 9.22. The molecule has 0 spiro atoms. The molecule has 5 nitrogen and oxygen atoms in total. The number of para-hydroxylation sites is 1. The highest BCUT2D eigenvalue weighted by Gasteiger charge is 2.08. The van der Waals surface area contributed by atoms with Crippen molar-refractivity contribution in [1.29, 1.82) is 0 Å². The van der Waals surface area contributed by atoms with Crippen molar-refractivity contribution in [2.24, 2.45) is 10.7 Å². The van der Waals surface area contributed by atoms with E-state index >= 15 is 0 Å². The van der Waals surface area contributed by atoms with Gasteiger partial charge in [0.2, 0.25) is 0 Å². The van der Waals surface area contributed by atoms with E-state index in [2.05, 4.69) is 17.2 Å². The van der Waals surface area contributed by atoms with Crippen LogP contribution in [0.2, 0.25) is 0 Å². The number of nitrogens with zero attached hydrogens (tertiary/aromatic N) is 1. The van der Waals surface area contributed by atoms with Crippen molar-refractivity contribution in [2.45, 2.75) is 26.3 Å². The maximum Gasteiger partial charge on any atom is 0.188 e. The number of rotatable bonds is 7. The lowest BCUT2D eigenvalue weighted by atomic mass is 10.2. The minimum absolute atomic E-state index is 0.457. The number of guanidine groups is 1. The molecule has 0 unspecified atom stereocenters. The molecule has 1 rings (SSSR count). The molecule has 3 N–H and O–H groups in total. The van der Waals surface area contributed by atoms with Crippen LogP contribution in [0.1, 0.15) is 25.3 Å². The predicted molar refractivity (Wildman–Crippen MR) is 77.8 cm³/mol. The molecule has 0 aliphatic heterocycles. The lowest BCUT2D eigenvalue weighted by Crippen LogP contribution is -2.32. The molecule has 0 heterocycles. The second-order valence-electron chi connectivity index (χ2n) is 4.13. The van der Waals surface area contributed by atoms with E-state index < -0.39 is 0 Å². The Bertz CT molecular complexity index is 419. The predicted octanol–water partition coefficient (Wildman–Crippen LogP) is 1.91. The Kier molecular flexibility index (Phi) is 6.57. The molecule has 0 fully saturated rings. The summed E-state index contributed by atoms with van der Waals surface area (Å²) in [7, 11) is 3.24. The maximum absolute atomic E-state index is 5.79. The standard InChI is InChI=1S/C14H23N3O2/c1-4-5-9-16-14(15)17-10-11-7-6-8-12(18-2)13(11)19-3/h6-8H,4-5,9-10H2,1-3H3,(H3,15,16,17). The van der Waals surface area contributed by atoms with Crippen LogP contribution in [0.15, 0.2) is 23.2 Å². The SMILES string of the molecule is CCCCNC(N)=NCc1cccc(OC)c1OC. The van der Waals surface area contributed by atoms with Gasteiger partial charge in [-0.15, -0.1) is 0 Å². The van der Waals surface area contributed by atoms with E-state index in [1.54, 1.807) is 14.2 Å². The van der Waals surface area contributed by atoms with Gasteiger partial charge < -0.3 is 20.5 Å². The summed E-state index contributed by atoms with van der Waals surface area (Å²) in [6.45, 7) is 3.45. The summed E-state index contributed by atoms with van der Waals surface area (Å²) < 4.78 is 10.6. The van der Waals surface area contributed by atoms with Crippen LogP contribution in [0.5, 0.6) is 11.5 Å². The smallest absolute Gasteiger partial charge is 0.188 e. The first-order valence-electron chi connectivity index (χ1n) is 6.46. The molecule has 0 saturated carbocycles. The van der Waals surface area contributed by atoms with Gasteiger partial charge in [0.05, 0.1) is 20.8 Å². The van der Waals surface area contributed by atoms with Gasteiger partial charge in [-0.05, 0) is 12.5 Å². The monoisotopic (exact) mass is 265 g/mol. The topological polar surface area (TPSA) is 68.9 Å². The van der Waals surface area contributed by atoms with Gasteiger partial charge in [0.1, 0.15) is 0 Å². The third kappa shape index (κ3) is 4.69. The summed E-state index contributed by atoms with van der Waals surface area (Å²) in [6.07, 6.45) is 2.21. The molecule has 0 aliphatic rings. The highest BCUT2D eigenvalue weighted by Crippen LogP contribution is 2.30. The number of aliphatic imine (C=N–C) groups is 1. The fourth-order valence-electron chi connectivity index (χ4n) is 1.70. The molecule has 19 heavy (non-hydrogen) atoms. The third-order valence-corrected chi connectivity index (χ3v) is 2.74. The van der Waals surface area contributed by atoms with E-state index in [0.717, 1.165) is 24.9 Å². The van der Waals surface area contributed by atoms with E-state index in [4.69, 9.17) is 15.2 Å². The molecule has 0 atom stereocenters. The number of methoxy groups -OCH3 is 2. The summed E-state index contributed by atoms with van der Waals surface area (Å²) in [5, 5.41) is 3.08. The minimum Gasteiger partial charge on any atom is -0.493 e. The average molecular weight is 265 g/mol. The Morgan fingerprint density at radius 1 is 1.32 bits per heavy atom. The van der Waals surface area contributed by atoms with E-state index in [0.29, 0.717) is 24.0 Å². The van der Waals surface area contributed by atoms with E-state index in [1.807, 2.05) is 18.2 Å². The Hall–Kier alpha value is -1.91. The van der Waals surface area contributed by atoms with Crippen LogP contribution >= 0.6 is 0 Å². The van der Waals surface area contributed by atoms with Crippen molar-refractivity contribution >= 4 is 5.96 Å². The second kappa shape index (κ2) is 8.24. The Balaban J connectivity index is 2.68. The van der Waals surface area contributed by atoms with Crippen molar-refractivity contribution in [3.8, 4) is 11.5 Å². The molecular formula is C14H23N3O2. The Morgan fingerprint density at radius 2 is 2.11 bits per heavy atom. The van der Waals surface area contributed by atoms with Crippen LogP contribution in [-0.2, 0) is 6.54 Å². The number of ether oxygens (including phenoxy) is 2. The first kappa shape index (κ1) is 15.1. The molecule has 0 aromatic heterocycles. The lowest BCUT2D eigenvalue weighted by Gasteiger charge is -2.11. The van der Waals surface area contributed by atoms with Crippen molar-refractivity contribution in [3.63, 3.8) is 0 Å². The highest BCUT2D eigenvalue weighted by atomic mass is 16.5. The normalized spacial score (nSPS) is 11.2. The van der Waals surface area contributed by atoms with Gasteiger partial charge in [-0.3, -0.25) is 0 Å². The molecular weight excluding hydrogens is 242 g/mol. The van der Waals surface area contributed by atoms with Gasteiger partial charge in [-0.1, -0.05) is 25.5 Å². The molecule has 1 aromatic rings. The molecule has 0 bridgehead atoms. The van der Waals surface area contributed by atoms with Crippen molar-refractivity contribution in [2.75, 3.05) is 20.8 Å². The first-order valence-corrected chi connectivity index (χ1v) is 6.46. The van der Waals surface area contributed by atoms with E-state index in [1.165, 1.54) is 0 Å². The molecule has 106 valence electrons. The number of nitrogens with two attached hydrogens (primary N) is 1. The van der Waals surface area contributed by atoms with Gasteiger partial charge in [0.25, 0.3) is 0 Å². The van der Waals surface area contributed by atoms with Crippen molar-refractivity contribution < 1.29 is 9.47 Å². The molecule has 0 aliphatic carbocycles. The molecule has 0 amide bonds. The number of hydrogen-bond donors (Lipinski definition) is 2. The minimum atomic E-state index is 0.457. The average Bonchev–Trinajstić information content (AvgIpc) is 2.44. The van der Waals surface area contributed by atoms with Crippen molar-refractivity contribution in [3.05, 3.63) is 23.8 Å². The zero-order valence-electron chi connectivity index (χ0n) is 11.9. The Labute approximate surface area is 114 Å². The second-order valence-corrected chi connectivity index (χ2v) is 4.13. The fourth-order valence-corrected chi connectivity index (χ4v) is 1.70. The number of nitrogens with one attached hydrogen (secondary N) is 1. The third-order valence-electron chi connectivity index (χ3n) is 2.74. The van der Waals surface area contributed by atoms with Crippen LogP contribution in [-0.4, -0.2) is 26.7 Å². The van der Waals surface area contributed by atoms with Crippen LogP contribution in [0.4, 0.5) is 0 Å². The number of hydrogen-bond acceptors (Lipinski definition) is 3. The summed E-state index contributed by atoms with van der Waals surface area (Å²) >= 11 is 0. The van der Waals surface area contributed by atoms with Gasteiger partial charge in [0, 0.05) is 12.1 Å². The van der Waals surface area contributed by atoms with Crippen LogP contribution in [0, 0.1) is 0 Å². The zero-order valence-corrected chi connectivity index (χ0v) is 11.9. The summed E-state index contributed by atoms with van der Waals surface area (Å²) in [4.78, 5) is 4.30. The van der Waals surface area contributed by atoms with Gasteiger partial charge >= 0.3 is 0 Å². The molecule has 0 radical (unpaired) electrons. The Morgan fingerprint density at radius 3 is 2.74 bits per heavy atom. The van der Waals surface area contributed by atoms with Crippen LogP contribution in [0.3, 0.4) is 0 Å². The van der Waals surface area contributed by atoms with Gasteiger partial charge in [-0.2, -0.15) is 0 Å². The van der Waals surface area contributed by atoms with Gasteiger partial charge in [-0.25, -0.2) is 4.99 Å². The van der Waals surface area contributed by atoms with E-state index in [-0.39, 0.29) is 0 Å². The zero-order chi connectivity index (χ0) is 14.1. The number of benzene rings is 1. The maximum atomic E-state index is 5.79. The quantitative estimate of drug-likeness (QED) is 0.449. The van der Waals surface area contributed by atoms with Gasteiger partial charge in [0.15, 0.2) is 17.5 Å². The van der Waals surface area contributed by atoms with E-state index in [9.17, 15) is 0 Å². The van der Waals surface area contributed by atoms with Crippen LogP contribution < -0.4 is 20.5 Å². The highest BCUT2D eigenvalue weighted by molar-refractivity contribution is 5.77. The summed E-state index contributed by atoms with van der Waals surface area (Å²) in [5.74, 6) is 1.86. The fraction of sp³-hybridized carbons (Fsp3) is 0.500. The summed E-state index contributed by atoms with van der Waals surface area (Å²) in [6, 6.07) is 5.71. The molecule has 0 saturated heterocycles. The summed E-state index contributed by atoms with van der Waals surface area (Å²) in [5.41, 5.74) is 6.74. The largest absolute Gasteiger partial charge is 0.493 e. The lowest BCUT2D eigenvalue weighted by molar-refractivity contribution is 0.352. The molecule has 1 aromatic carbocycles. The number of unbranched alkanes of at least 4 members (excludes halogenated alkanes) is 1. The molecule has 5 heteroatoms.